The largest absolute Gasteiger partial charge is 0.633 e. The van der Waals surface area contributed by atoms with Gasteiger partial charge in [-0.3, -0.25) is 14.5 Å². The van der Waals surface area contributed by atoms with E-state index in [4.69, 9.17) is 11.5 Å². The summed E-state index contributed by atoms with van der Waals surface area (Å²) in [5.41, 5.74) is 12.0. The van der Waals surface area contributed by atoms with E-state index in [1.807, 2.05) is 6.07 Å². The Morgan fingerprint density at radius 2 is 1.88 bits per heavy atom. The number of nitrogens with two attached hydrogens (primary N) is 2. The molecule has 3 rings (SSSR count). The molecule has 0 aliphatic carbocycles. The summed E-state index contributed by atoms with van der Waals surface area (Å²) in [7, 11) is -2.37. The number of anilines is 2. The fourth-order valence-corrected chi connectivity index (χ4v) is 6.08. The number of carbonyl (C=O) groups excluding carboxylic acids is 2. The summed E-state index contributed by atoms with van der Waals surface area (Å²) in [6.45, 7) is 1.90. The van der Waals surface area contributed by atoms with Gasteiger partial charge in [-0.1, -0.05) is 30.3 Å². The number of nitrogens with zero attached hydrogens (tertiary/aromatic N) is 4. The first-order chi connectivity index (χ1) is 15.9. The minimum Gasteiger partial charge on any atom is -0.633 e. The van der Waals surface area contributed by atoms with Gasteiger partial charge in [0.05, 0.1) is 44.9 Å². The van der Waals surface area contributed by atoms with E-state index in [0.29, 0.717) is 0 Å². The maximum Gasteiger partial charge on any atom is 0.240 e. The maximum absolute atomic E-state index is 13.8. The molecule has 2 unspecified atom stereocenters. The molecular formula is C21H30N6O5S2. The van der Waals surface area contributed by atoms with E-state index in [9.17, 15) is 23.2 Å². The molecule has 2 heterocycles. The molecule has 1 aromatic carbocycles. The molecule has 0 radical (unpaired) electrons. The first kappa shape index (κ1) is 26.0. The SMILES string of the molecule is CC(C(N)=O)N(C(=O)C(Cc1ccccc1)CS(=O)(=O)N1CC[N+](C)([O-])CC1)c1csc(N)n1. The molecule has 2 aromatic rings. The Labute approximate surface area is 203 Å². The summed E-state index contributed by atoms with van der Waals surface area (Å²) < 4.78 is 27.3. The van der Waals surface area contributed by atoms with Crippen LogP contribution in [0.25, 0.3) is 0 Å². The third-order valence-corrected chi connectivity index (χ3v) is 8.55. The summed E-state index contributed by atoms with van der Waals surface area (Å²) >= 11 is 1.09. The minimum absolute atomic E-state index is 0.0819. The summed E-state index contributed by atoms with van der Waals surface area (Å²) in [6.07, 6.45) is 0.129. The fourth-order valence-electron chi connectivity index (χ4n) is 3.84. The Morgan fingerprint density at radius 1 is 1.26 bits per heavy atom. The molecule has 1 saturated heterocycles. The predicted molar refractivity (Wildman–Crippen MR) is 131 cm³/mol. The van der Waals surface area contributed by atoms with Crippen LogP contribution in [0.2, 0.25) is 0 Å². The lowest BCUT2D eigenvalue weighted by Crippen LogP contribution is -2.56. The lowest BCUT2D eigenvalue weighted by molar-refractivity contribution is -0.864. The third kappa shape index (κ3) is 6.30. The van der Waals surface area contributed by atoms with Crippen LogP contribution in [-0.2, 0) is 26.0 Å². The van der Waals surface area contributed by atoms with Gasteiger partial charge >= 0.3 is 0 Å². The van der Waals surface area contributed by atoms with Crippen LogP contribution < -0.4 is 16.4 Å². The summed E-state index contributed by atoms with van der Waals surface area (Å²) in [4.78, 5) is 31.0. The van der Waals surface area contributed by atoms with Gasteiger partial charge in [0.1, 0.15) is 11.9 Å². The molecular weight excluding hydrogens is 480 g/mol. The quantitative estimate of drug-likeness (QED) is 0.364. The molecule has 4 N–H and O–H groups in total. The van der Waals surface area contributed by atoms with E-state index in [1.54, 1.807) is 24.3 Å². The van der Waals surface area contributed by atoms with Crippen molar-refractivity contribution in [2.24, 2.45) is 11.7 Å². The topological polar surface area (TPSA) is 163 Å². The third-order valence-electron chi connectivity index (χ3n) is 5.92. The molecule has 1 aliphatic rings. The summed E-state index contributed by atoms with van der Waals surface area (Å²) in [6, 6.07) is 7.96. The molecule has 0 spiro atoms. The van der Waals surface area contributed by atoms with Crippen LogP contribution in [0, 0.1) is 11.1 Å². The van der Waals surface area contributed by atoms with E-state index in [2.05, 4.69) is 4.98 Å². The molecule has 13 heteroatoms. The summed E-state index contributed by atoms with van der Waals surface area (Å²) in [5.74, 6) is -2.71. The van der Waals surface area contributed by atoms with Crippen molar-refractivity contribution in [1.82, 2.24) is 9.29 Å². The number of nitrogen functional groups attached to an aromatic ring is 1. The number of hydrogen-bond acceptors (Lipinski definition) is 8. The van der Waals surface area contributed by atoms with Gasteiger partial charge in [-0.2, -0.15) is 4.31 Å². The number of hydroxylamine groups is 3. The van der Waals surface area contributed by atoms with E-state index in [-0.39, 0.29) is 43.5 Å². The molecule has 1 aromatic heterocycles. The number of carbonyl (C=O) groups is 2. The lowest BCUT2D eigenvalue weighted by Gasteiger charge is -2.44. The van der Waals surface area contributed by atoms with Crippen LogP contribution in [0.15, 0.2) is 35.7 Å². The first-order valence-corrected chi connectivity index (χ1v) is 13.3. The number of hydrogen-bond donors (Lipinski definition) is 2. The van der Waals surface area contributed by atoms with Gasteiger partial charge in [-0.15, -0.1) is 11.3 Å². The number of primary amides is 1. The zero-order valence-corrected chi connectivity index (χ0v) is 20.8. The Kier molecular flexibility index (Phi) is 7.93. The van der Waals surface area contributed by atoms with Crippen molar-refractivity contribution in [2.45, 2.75) is 19.4 Å². The Balaban J connectivity index is 1.94. The zero-order chi connectivity index (χ0) is 25.1. The minimum atomic E-state index is -3.88. The van der Waals surface area contributed by atoms with Gasteiger partial charge in [0.15, 0.2) is 5.13 Å². The highest BCUT2D eigenvalue weighted by atomic mass is 32.2. The number of thiazole rings is 1. The second-order valence-corrected chi connectivity index (χ2v) is 11.5. The van der Waals surface area contributed by atoms with Crippen molar-refractivity contribution in [3.63, 3.8) is 0 Å². The highest BCUT2D eigenvalue weighted by Crippen LogP contribution is 2.26. The van der Waals surface area contributed by atoms with Crippen LogP contribution in [0.5, 0.6) is 0 Å². The van der Waals surface area contributed by atoms with E-state index >= 15 is 0 Å². The van der Waals surface area contributed by atoms with Gasteiger partial charge in [-0.25, -0.2) is 13.4 Å². The Morgan fingerprint density at radius 3 is 2.41 bits per heavy atom. The number of quaternary nitrogens is 1. The van der Waals surface area contributed by atoms with Crippen molar-refractivity contribution in [2.75, 3.05) is 49.6 Å². The van der Waals surface area contributed by atoms with E-state index in [0.717, 1.165) is 21.8 Å². The molecule has 1 fully saturated rings. The van der Waals surface area contributed by atoms with Gasteiger partial charge in [-0.05, 0) is 18.9 Å². The van der Waals surface area contributed by atoms with Crippen molar-refractivity contribution >= 4 is 44.1 Å². The molecule has 2 amide bonds. The van der Waals surface area contributed by atoms with Crippen LogP contribution in [0.1, 0.15) is 12.5 Å². The normalized spacial score (nSPS) is 18.2. The van der Waals surface area contributed by atoms with Crippen molar-refractivity contribution in [3.05, 3.63) is 46.5 Å². The molecule has 34 heavy (non-hydrogen) atoms. The smallest absolute Gasteiger partial charge is 0.240 e. The number of aromatic nitrogens is 1. The van der Waals surface area contributed by atoms with E-state index in [1.165, 1.54) is 23.7 Å². The van der Waals surface area contributed by atoms with E-state index < -0.39 is 44.2 Å². The molecule has 11 nitrogen and oxygen atoms in total. The van der Waals surface area contributed by atoms with Crippen molar-refractivity contribution in [1.29, 1.82) is 0 Å². The van der Waals surface area contributed by atoms with Gasteiger partial charge in [0.2, 0.25) is 21.8 Å². The van der Waals surface area contributed by atoms with Crippen LogP contribution >= 0.6 is 11.3 Å². The molecule has 0 saturated carbocycles. The van der Waals surface area contributed by atoms with Crippen molar-refractivity contribution < 1.29 is 22.7 Å². The van der Waals surface area contributed by atoms with Crippen molar-refractivity contribution in [3.8, 4) is 0 Å². The number of sulfonamides is 1. The number of amides is 2. The summed E-state index contributed by atoms with van der Waals surface area (Å²) in [5, 5.41) is 13.9. The first-order valence-electron chi connectivity index (χ1n) is 10.8. The monoisotopic (exact) mass is 510 g/mol. The average Bonchev–Trinajstić information content (AvgIpc) is 3.19. The van der Waals surface area contributed by atoms with Crippen LogP contribution in [0.4, 0.5) is 10.9 Å². The Bertz CT molecular complexity index is 1110. The highest BCUT2D eigenvalue weighted by Gasteiger charge is 2.38. The predicted octanol–water partition coefficient (Wildman–Crippen LogP) is 0.381. The second-order valence-electron chi connectivity index (χ2n) is 8.64. The fraction of sp³-hybridized carbons (Fsp3) is 0.476. The number of likely N-dealkylation sites (N-methyl/N-ethyl adjacent to an activating group) is 1. The number of benzene rings is 1. The Hall–Kier alpha value is -2.58. The highest BCUT2D eigenvalue weighted by molar-refractivity contribution is 7.89. The lowest BCUT2D eigenvalue weighted by atomic mass is 9.99. The second kappa shape index (κ2) is 10.4. The molecule has 186 valence electrons. The molecule has 0 bridgehead atoms. The number of rotatable bonds is 9. The zero-order valence-electron chi connectivity index (χ0n) is 19.2. The van der Waals surface area contributed by atoms with Gasteiger partial charge < -0.3 is 21.3 Å². The number of piperazine rings is 1. The molecule has 2 atom stereocenters. The molecule has 1 aliphatic heterocycles. The van der Waals surface area contributed by atoms with Gasteiger partial charge in [0, 0.05) is 5.38 Å². The standard InChI is InChI=1S/C21H30N6O5S2/c1-15(19(22)28)26(18-13-33-21(23)24-18)20(29)17(12-16-6-4-3-5-7-16)14-34(31,32)25-8-10-27(2,30)11-9-25/h3-7,13,15,17H,8-12,14H2,1-2H3,(H2,22,28)(H2,23,24). The van der Waals surface area contributed by atoms with Crippen LogP contribution in [-0.4, -0.2) is 79.2 Å². The maximum atomic E-state index is 13.8. The average molecular weight is 511 g/mol. The van der Waals surface area contributed by atoms with Gasteiger partial charge in [0.25, 0.3) is 0 Å². The van der Waals surface area contributed by atoms with Crippen LogP contribution in [0.3, 0.4) is 0 Å².